The van der Waals surface area contributed by atoms with Gasteiger partial charge in [-0.1, -0.05) is 206 Å². The summed E-state index contributed by atoms with van der Waals surface area (Å²) in [6.45, 7) is 0. The highest BCUT2D eigenvalue weighted by molar-refractivity contribution is 6.22. The number of hydrogen-bond donors (Lipinski definition) is 0. The molecule has 0 spiro atoms. The molecule has 0 radical (unpaired) electrons. The lowest BCUT2D eigenvalue weighted by molar-refractivity contribution is 1.60. The topological polar surface area (TPSA) is 0 Å². The van der Waals surface area contributed by atoms with Crippen molar-refractivity contribution in [2.75, 3.05) is 0 Å². The molecule has 0 N–H and O–H groups in total. The number of rotatable bonds is 5. The van der Waals surface area contributed by atoms with Crippen molar-refractivity contribution in [1.82, 2.24) is 0 Å². The molecule has 0 aliphatic heterocycles. The quantitative estimate of drug-likeness (QED) is 0.123. The minimum atomic E-state index is 1.20. The van der Waals surface area contributed by atoms with E-state index in [0.717, 1.165) is 0 Å². The second kappa shape index (κ2) is 13.2. The molecule has 11 aromatic rings. The van der Waals surface area contributed by atoms with Crippen LogP contribution in [0.5, 0.6) is 0 Å². The normalized spacial score (nSPS) is 11.6. The summed E-state index contributed by atoms with van der Waals surface area (Å²) < 4.78 is 0. The lowest BCUT2D eigenvalue weighted by Gasteiger charge is -2.19. The maximum atomic E-state index is 2.44. The fraction of sp³-hybridized carbons (Fsp3) is 0. The first-order valence-corrected chi connectivity index (χ1v) is 19.4. The lowest BCUT2D eigenvalue weighted by atomic mass is 9.84. The average molecular weight is 709 g/mol. The van der Waals surface area contributed by atoms with Crippen LogP contribution in [0.4, 0.5) is 0 Å². The van der Waals surface area contributed by atoms with E-state index in [1.807, 2.05) is 0 Å². The predicted octanol–water partition coefficient (Wildman–Crippen LogP) is 15.8. The monoisotopic (exact) mass is 708 g/mol. The molecule has 260 valence electrons. The van der Waals surface area contributed by atoms with Crippen LogP contribution in [0.25, 0.3) is 109 Å². The molecule has 0 amide bonds. The van der Waals surface area contributed by atoms with Gasteiger partial charge in [0.1, 0.15) is 0 Å². The smallest absolute Gasteiger partial charge is 0.00261 e. The van der Waals surface area contributed by atoms with E-state index in [1.165, 1.54) is 109 Å². The Bertz CT molecular complexity index is 3210. The van der Waals surface area contributed by atoms with Crippen LogP contribution < -0.4 is 0 Å². The average Bonchev–Trinajstić information content (AvgIpc) is 3.28. The van der Waals surface area contributed by atoms with Gasteiger partial charge in [0.15, 0.2) is 0 Å². The van der Waals surface area contributed by atoms with Crippen molar-refractivity contribution in [3.63, 3.8) is 0 Å². The van der Waals surface area contributed by atoms with Crippen LogP contribution in [0.3, 0.4) is 0 Å². The summed E-state index contributed by atoms with van der Waals surface area (Å²) >= 11 is 0. The van der Waals surface area contributed by atoms with Crippen LogP contribution in [0.2, 0.25) is 0 Å². The van der Waals surface area contributed by atoms with E-state index in [2.05, 4.69) is 218 Å². The number of benzene rings is 11. The zero-order chi connectivity index (χ0) is 37.0. The van der Waals surface area contributed by atoms with Crippen molar-refractivity contribution in [1.29, 1.82) is 0 Å². The van der Waals surface area contributed by atoms with E-state index in [4.69, 9.17) is 0 Å². The van der Waals surface area contributed by atoms with Gasteiger partial charge in [0.25, 0.3) is 0 Å². The molecule has 0 heteroatoms. The summed E-state index contributed by atoms with van der Waals surface area (Å²) in [7, 11) is 0. The molecule has 0 aromatic heterocycles. The maximum absolute atomic E-state index is 2.44. The molecule has 0 fully saturated rings. The van der Waals surface area contributed by atoms with Crippen LogP contribution in [0, 0.1) is 0 Å². The lowest BCUT2D eigenvalue weighted by Crippen LogP contribution is -1.92. The molecular weight excluding hydrogens is 673 g/mol. The maximum Gasteiger partial charge on any atom is -0.00261 e. The minimum absolute atomic E-state index is 1.20. The van der Waals surface area contributed by atoms with Crippen LogP contribution in [-0.2, 0) is 0 Å². The molecule has 0 unspecified atom stereocenters. The molecule has 0 saturated heterocycles. The van der Waals surface area contributed by atoms with Gasteiger partial charge in [-0.2, -0.15) is 0 Å². The molecule has 0 nitrogen and oxygen atoms in total. The molecular formula is C56H36. The molecule has 0 aliphatic rings. The second-order valence-electron chi connectivity index (χ2n) is 14.8. The van der Waals surface area contributed by atoms with Gasteiger partial charge in [0.05, 0.1) is 0 Å². The first kappa shape index (κ1) is 32.2. The highest BCUT2D eigenvalue weighted by Gasteiger charge is 2.19. The third-order valence-electron chi connectivity index (χ3n) is 11.6. The summed E-state index contributed by atoms with van der Waals surface area (Å²) in [5, 5.41) is 12.6. The predicted molar refractivity (Wildman–Crippen MR) is 241 cm³/mol. The Morgan fingerprint density at radius 3 is 1.25 bits per heavy atom. The van der Waals surface area contributed by atoms with Crippen LogP contribution >= 0.6 is 0 Å². The number of hydrogen-bond acceptors (Lipinski definition) is 0. The van der Waals surface area contributed by atoms with Crippen molar-refractivity contribution in [3.05, 3.63) is 218 Å². The van der Waals surface area contributed by atoms with Crippen molar-refractivity contribution in [2.45, 2.75) is 0 Å². The van der Waals surface area contributed by atoms with Crippen molar-refractivity contribution < 1.29 is 0 Å². The van der Waals surface area contributed by atoms with Crippen LogP contribution in [-0.4, -0.2) is 0 Å². The second-order valence-corrected chi connectivity index (χ2v) is 14.8. The van der Waals surface area contributed by atoms with Crippen molar-refractivity contribution >= 4 is 53.9 Å². The van der Waals surface area contributed by atoms with E-state index < -0.39 is 0 Å². The number of fused-ring (bicyclic) bond motifs is 6. The van der Waals surface area contributed by atoms with Crippen molar-refractivity contribution in [3.8, 4) is 55.6 Å². The summed E-state index contributed by atoms with van der Waals surface area (Å²) in [5.41, 5.74) is 12.4. The van der Waals surface area contributed by atoms with Crippen LogP contribution in [0.1, 0.15) is 0 Å². The Labute approximate surface area is 326 Å². The van der Waals surface area contributed by atoms with Crippen LogP contribution in [0.15, 0.2) is 218 Å². The van der Waals surface area contributed by atoms with E-state index in [0.29, 0.717) is 0 Å². The summed E-state index contributed by atoms with van der Waals surface area (Å²) in [6, 6.07) is 80.3. The zero-order valence-corrected chi connectivity index (χ0v) is 30.8. The van der Waals surface area contributed by atoms with Gasteiger partial charge in [-0.15, -0.1) is 0 Å². The molecule has 11 aromatic carbocycles. The first-order valence-electron chi connectivity index (χ1n) is 19.4. The Morgan fingerprint density at radius 2 is 0.607 bits per heavy atom. The standard InChI is InChI=1S/C56H36/c1-3-15-37(16-4-1)45-34-33-39-29-32-43(56-50-25-13-11-23-48(50)55(40-17-5-2-6-18-40)49-24-12-14-26-51(49)56)36-53(39)54(45)41-30-27-38(28-31-41)52-35-42-19-7-8-20-44(42)46-21-9-10-22-47(46)52/h1-36H. The van der Waals surface area contributed by atoms with Gasteiger partial charge in [-0.25, -0.2) is 0 Å². The van der Waals surface area contributed by atoms with E-state index in [1.54, 1.807) is 0 Å². The summed E-state index contributed by atoms with van der Waals surface area (Å²) in [5.74, 6) is 0. The van der Waals surface area contributed by atoms with Gasteiger partial charge in [-0.05, 0) is 122 Å². The minimum Gasteiger partial charge on any atom is -0.0622 e. The fourth-order valence-corrected chi connectivity index (χ4v) is 9.11. The zero-order valence-electron chi connectivity index (χ0n) is 30.8. The Kier molecular flexibility index (Phi) is 7.60. The van der Waals surface area contributed by atoms with Crippen molar-refractivity contribution in [2.24, 2.45) is 0 Å². The van der Waals surface area contributed by atoms with E-state index >= 15 is 0 Å². The Balaban J connectivity index is 1.15. The van der Waals surface area contributed by atoms with Gasteiger partial charge < -0.3 is 0 Å². The van der Waals surface area contributed by atoms with Gasteiger partial charge in [0, 0.05) is 0 Å². The Hall–Kier alpha value is -7.28. The Morgan fingerprint density at radius 1 is 0.179 bits per heavy atom. The third kappa shape index (κ3) is 5.22. The van der Waals surface area contributed by atoms with Gasteiger partial charge in [0.2, 0.25) is 0 Å². The summed E-state index contributed by atoms with van der Waals surface area (Å²) in [4.78, 5) is 0. The molecule has 0 heterocycles. The molecule has 0 bridgehead atoms. The van der Waals surface area contributed by atoms with E-state index in [9.17, 15) is 0 Å². The largest absolute Gasteiger partial charge is 0.0622 e. The summed E-state index contributed by atoms with van der Waals surface area (Å²) in [6.07, 6.45) is 0. The molecule has 56 heavy (non-hydrogen) atoms. The first-order chi connectivity index (χ1) is 27.8. The highest BCUT2D eigenvalue weighted by atomic mass is 14.2. The van der Waals surface area contributed by atoms with E-state index in [-0.39, 0.29) is 0 Å². The van der Waals surface area contributed by atoms with Gasteiger partial charge >= 0.3 is 0 Å². The SMILES string of the molecule is c1ccc(-c2ccc3ccc(-c4c5ccccc5c(-c5ccccc5)c5ccccc45)cc3c2-c2ccc(-c3cc4ccccc4c4ccccc34)cc2)cc1. The fourth-order valence-electron chi connectivity index (χ4n) is 9.11. The molecule has 0 saturated carbocycles. The third-order valence-corrected chi connectivity index (χ3v) is 11.6. The van der Waals surface area contributed by atoms with Gasteiger partial charge in [-0.3, -0.25) is 0 Å². The molecule has 11 rings (SSSR count). The molecule has 0 atom stereocenters. The molecule has 0 aliphatic carbocycles. The highest BCUT2D eigenvalue weighted by Crippen LogP contribution is 2.46.